The Balaban J connectivity index is 2.36. The minimum atomic E-state index is -0.737. The average molecular weight is 226 g/mol. The molecule has 2 rings (SSSR count). The van der Waals surface area contributed by atoms with E-state index in [1.54, 1.807) is 0 Å². The highest BCUT2D eigenvalue weighted by molar-refractivity contribution is 7.05. The van der Waals surface area contributed by atoms with Crippen LogP contribution in [-0.2, 0) is 16.6 Å². The molecule has 15 heavy (non-hydrogen) atoms. The van der Waals surface area contributed by atoms with Gasteiger partial charge in [0.25, 0.3) is 0 Å². The largest absolute Gasteiger partial charge is 0.481 e. The number of rotatable bonds is 3. The van der Waals surface area contributed by atoms with Gasteiger partial charge in [-0.1, -0.05) is 19.8 Å². The van der Waals surface area contributed by atoms with E-state index in [0.29, 0.717) is 17.8 Å². The van der Waals surface area contributed by atoms with E-state index in [-0.39, 0.29) is 0 Å². The first-order chi connectivity index (χ1) is 7.19. The van der Waals surface area contributed by atoms with E-state index in [2.05, 4.69) is 9.36 Å². The van der Waals surface area contributed by atoms with Crippen molar-refractivity contribution < 1.29 is 9.90 Å². The van der Waals surface area contributed by atoms with E-state index >= 15 is 0 Å². The molecule has 1 aliphatic carbocycles. The van der Waals surface area contributed by atoms with E-state index < -0.39 is 11.4 Å². The zero-order valence-corrected chi connectivity index (χ0v) is 9.51. The Bertz CT molecular complexity index is 369. The molecule has 5 heteroatoms. The van der Waals surface area contributed by atoms with Crippen molar-refractivity contribution >= 4 is 17.5 Å². The van der Waals surface area contributed by atoms with Crippen LogP contribution in [0.15, 0.2) is 0 Å². The predicted molar refractivity (Wildman–Crippen MR) is 57.1 cm³/mol. The zero-order valence-electron chi connectivity index (χ0n) is 8.69. The van der Waals surface area contributed by atoms with Gasteiger partial charge in [0.1, 0.15) is 16.2 Å². The smallest absolute Gasteiger partial charge is 0.316 e. The summed E-state index contributed by atoms with van der Waals surface area (Å²) < 4.78 is 4.17. The number of nitrogens with zero attached hydrogens (tertiary/aromatic N) is 2. The third kappa shape index (κ3) is 1.65. The molecule has 1 saturated carbocycles. The van der Waals surface area contributed by atoms with Crippen LogP contribution in [0.25, 0.3) is 0 Å². The van der Waals surface area contributed by atoms with Crippen LogP contribution in [0.5, 0.6) is 0 Å². The molecule has 0 amide bonds. The van der Waals surface area contributed by atoms with Crippen molar-refractivity contribution in [3.63, 3.8) is 0 Å². The van der Waals surface area contributed by atoms with Crippen molar-refractivity contribution in [3.05, 3.63) is 10.8 Å². The Kier molecular flexibility index (Phi) is 2.73. The molecule has 4 nitrogen and oxygen atoms in total. The molecule has 0 spiro atoms. The van der Waals surface area contributed by atoms with Gasteiger partial charge in [0.15, 0.2) is 0 Å². The molecule has 82 valence electrons. The number of carboxylic acids is 1. The van der Waals surface area contributed by atoms with Crippen molar-refractivity contribution in [2.45, 2.75) is 44.4 Å². The molecule has 0 aromatic carbocycles. The molecule has 1 aromatic heterocycles. The number of aryl methyl sites for hydroxylation is 1. The maximum atomic E-state index is 11.4. The zero-order chi connectivity index (χ0) is 10.9. The first-order valence-electron chi connectivity index (χ1n) is 5.25. The summed E-state index contributed by atoms with van der Waals surface area (Å²) in [5, 5.41) is 10.0. The summed E-state index contributed by atoms with van der Waals surface area (Å²) in [6.07, 6.45) is 4.15. The predicted octanol–water partition coefficient (Wildman–Crippen LogP) is 2.00. The second-order valence-corrected chi connectivity index (χ2v) is 4.72. The summed E-state index contributed by atoms with van der Waals surface area (Å²) in [4.78, 5) is 15.7. The Morgan fingerprint density at radius 1 is 1.53 bits per heavy atom. The van der Waals surface area contributed by atoms with Crippen LogP contribution in [0.4, 0.5) is 0 Å². The number of carboxylic acid groups (broad SMARTS) is 1. The molecule has 1 fully saturated rings. The molecular weight excluding hydrogens is 212 g/mol. The molecule has 1 heterocycles. The third-order valence-electron chi connectivity index (χ3n) is 3.06. The van der Waals surface area contributed by atoms with Crippen LogP contribution < -0.4 is 0 Å². The lowest BCUT2D eigenvalue weighted by Gasteiger charge is -2.19. The van der Waals surface area contributed by atoms with Gasteiger partial charge in [0.05, 0.1) is 0 Å². The van der Waals surface area contributed by atoms with E-state index in [0.717, 1.165) is 25.1 Å². The normalized spacial score (nSPS) is 19.3. The molecule has 0 saturated heterocycles. The van der Waals surface area contributed by atoms with E-state index in [9.17, 15) is 9.90 Å². The van der Waals surface area contributed by atoms with Gasteiger partial charge in [-0.15, -0.1) is 0 Å². The Labute approximate surface area is 92.5 Å². The van der Waals surface area contributed by atoms with Gasteiger partial charge in [-0.3, -0.25) is 4.79 Å². The van der Waals surface area contributed by atoms with Gasteiger partial charge in [0, 0.05) is 6.42 Å². The van der Waals surface area contributed by atoms with Crippen molar-refractivity contribution in [2.75, 3.05) is 0 Å². The Morgan fingerprint density at radius 2 is 2.20 bits per heavy atom. The van der Waals surface area contributed by atoms with Gasteiger partial charge in [-0.05, 0) is 24.4 Å². The second-order valence-electron chi connectivity index (χ2n) is 3.96. The molecule has 1 aliphatic rings. The summed E-state index contributed by atoms with van der Waals surface area (Å²) in [7, 11) is 0. The lowest BCUT2D eigenvalue weighted by Crippen LogP contribution is -2.32. The fourth-order valence-electron chi connectivity index (χ4n) is 2.09. The Morgan fingerprint density at radius 3 is 2.67 bits per heavy atom. The highest BCUT2D eigenvalue weighted by Crippen LogP contribution is 2.41. The summed E-state index contributed by atoms with van der Waals surface area (Å²) in [5.41, 5.74) is -0.731. The van der Waals surface area contributed by atoms with E-state index in [1.165, 1.54) is 11.5 Å². The lowest BCUT2D eigenvalue weighted by molar-refractivity contribution is -0.143. The second kappa shape index (κ2) is 3.89. The van der Waals surface area contributed by atoms with Gasteiger partial charge in [-0.2, -0.15) is 4.37 Å². The van der Waals surface area contributed by atoms with Crippen LogP contribution in [0.2, 0.25) is 0 Å². The van der Waals surface area contributed by atoms with E-state index in [1.807, 2.05) is 6.92 Å². The van der Waals surface area contributed by atoms with Crippen molar-refractivity contribution in [2.24, 2.45) is 0 Å². The van der Waals surface area contributed by atoms with Gasteiger partial charge < -0.3 is 5.11 Å². The first-order valence-corrected chi connectivity index (χ1v) is 6.03. The maximum absolute atomic E-state index is 11.4. The molecular formula is C10H14N2O2S. The maximum Gasteiger partial charge on any atom is 0.316 e. The lowest BCUT2D eigenvalue weighted by atomic mass is 9.87. The van der Waals surface area contributed by atoms with Crippen LogP contribution in [0.1, 0.15) is 43.4 Å². The molecule has 0 aliphatic heterocycles. The van der Waals surface area contributed by atoms with Gasteiger partial charge in [0.2, 0.25) is 0 Å². The monoisotopic (exact) mass is 226 g/mol. The molecule has 1 aromatic rings. The number of aromatic nitrogens is 2. The molecule has 0 radical (unpaired) electrons. The third-order valence-corrected chi connectivity index (χ3v) is 4.02. The van der Waals surface area contributed by atoms with Crippen molar-refractivity contribution in [3.8, 4) is 0 Å². The fourth-order valence-corrected chi connectivity index (χ4v) is 3.06. The van der Waals surface area contributed by atoms with Crippen molar-refractivity contribution in [1.82, 2.24) is 9.36 Å². The van der Waals surface area contributed by atoms with Crippen LogP contribution >= 0.6 is 11.5 Å². The topological polar surface area (TPSA) is 63.1 Å². The summed E-state index contributed by atoms with van der Waals surface area (Å²) in [6.45, 7) is 1.98. The van der Waals surface area contributed by atoms with Gasteiger partial charge >= 0.3 is 5.97 Å². The molecule has 0 unspecified atom stereocenters. The van der Waals surface area contributed by atoms with E-state index in [4.69, 9.17) is 0 Å². The molecule has 0 bridgehead atoms. The summed E-state index contributed by atoms with van der Waals surface area (Å²) in [6, 6.07) is 0. The number of carbonyl (C=O) groups is 1. The fraction of sp³-hybridized carbons (Fsp3) is 0.700. The summed E-state index contributed by atoms with van der Waals surface area (Å²) in [5.74, 6) is 0.0290. The highest BCUT2D eigenvalue weighted by atomic mass is 32.1. The standard InChI is InChI=1S/C10H14N2O2S/c1-2-7-11-8(15-12-7)10(9(13)14)5-3-4-6-10/h2-6H2,1H3,(H,13,14). The van der Waals surface area contributed by atoms with Gasteiger partial charge in [-0.25, -0.2) is 4.98 Å². The Hall–Kier alpha value is -0.970. The summed E-state index contributed by atoms with van der Waals surface area (Å²) >= 11 is 1.26. The molecule has 0 atom stereocenters. The number of hydrogen-bond donors (Lipinski definition) is 1. The van der Waals surface area contributed by atoms with Crippen molar-refractivity contribution in [1.29, 1.82) is 0 Å². The SMILES string of the molecule is CCc1nsc(C2(C(=O)O)CCCC2)n1. The quantitative estimate of drug-likeness (QED) is 0.856. The highest BCUT2D eigenvalue weighted by Gasteiger charge is 2.45. The number of hydrogen-bond acceptors (Lipinski definition) is 4. The molecule has 1 N–H and O–H groups in total. The number of aliphatic carboxylic acids is 1. The van der Waals surface area contributed by atoms with Crippen LogP contribution in [0.3, 0.4) is 0 Å². The van der Waals surface area contributed by atoms with Crippen LogP contribution in [0, 0.1) is 0 Å². The first kappa shape index (κ1) is 10.5. The average Bonchev–Trinajstić information content (AvgIpc) is 2.87. The minimum absolute atomic E-state index is 0.698. The van der Waals surface area contributed by atoms with Crippen LogP contribution in [-0.4, -0.2) is 20.4 Å². The minimum Gasteiger partial charge on any atom is -0.481 e.